The monoisotopic (exact) mass is 204 g/mol. The molecule has 1 aliphatic rings. The van der Waals surface area contributed by atoms with E-state index in [1.165, 1.54) is 24.2 Å². The number of hydrogen-bond acceptors (Lipinski definition) is 2. The first kappa shape index (κ1) is 10.5. The minimum atomic E-state index is 0.571. The van der Waals surface area contributed by atoms with Crippen LogP contribution in [0.2, 0.25) is 0 Å². The summed E-state index contributed by atoms with van der Waals surface area (Å²) in [4.78, 5) is 2.49. The Hall–Kier alpha value is -1.02. The van der Waals surface area contributed by atoms with E-state index in [9.17, 15) is 0 Å². The zero-order valence-corrected chi connectivity index (χ0v) is 9.66. The number of hydrogen-bond donors (Lipinski definition) is 1. The molecule has 82 valence electrons. The van der Waals surface area contributed by atoms with Crippen LogP contribution in [0, 0.1) is 0 Å². The second-order valence-electron chi connectivity index (χ2n) is 4.28. The van der Waals surface area contributed by atoms with Crippen molar-refractivity contribution in [1.29, 1.82) is 0 Å². The maximum atomic E-state index is 3.46. The van der Waals surface area contributed by atoms with Crippen LogP contribution in [-0.2, 0) is 6.42 Å². The molecule has 0 aliphatic carbocycles. The fourth-order valence-corrected chi connectivity index (χ4v) is 2.34. The highest BCUT2D eigenvalue weighted by molar-refractivity contribution is 5.57. The van der Waals surface area contributed by atoms with Crippen molar-refractivity contribution >= 4 is 5.69 Å². The van der Waals surface area contributed by atoms with Crippen LogP contribution < -0.4 is 10.2 Å². The maximum Gasteiger partial charge on any atom is 0.0400 e. The molecule has 0 fully saturated rings. The van der Waals surface area contributed by atoms with Crippen LogP contribution in [0.3, 0.4) is 0 Å². The van der Waals surface area contributed by atoms with E-state index < -0.39 is 0 Å². The summed E-state index contributed by atoms with van der Waals surface area (Å²) in [6, 6.07) is 9.32. The molecule has 1 aromatic carbocycles. The average molecular weight is 204 g/mol. The molecular weight excluding hydrogens is 184 g/mol. The summed E-state index contributed by atoms with van der Waals surface area (Å²) in [5, 5.41) is 3.46. The van der Waals surface area contributed by atoms with Gasteiger partial charge in [0.05, 0.1) is 0 Å². The van der Waals surface area contributed by atoms with Gasteiger partial charge in [-0.05, 0) is 31.5 Å². The number of fused-ring (bicyclic) bond motifs is 1. The van der Waals surface area contributed by atoms with Crippen molar-refractivity contribution in [3.63, 3.8) is 0 Å². The summed E-state index contributed by atoms with van der Waals surface area (Å²) in [6.45, 7) is 7.76. The lowest BCUT2D eigenvalue weighted by atomic mass is 10.2. The molecular formula is C13H20N2. The normalized spacial score (nSPS) is 16.5. The van der Waals surface area contributed by atoms with Gasteiger partial charge in [0.2, 0.25) is 0 Å². The van der Waals surface area contributed by atoms with E-state index in [1.807, 2.05) is 0 Å². The Balaban J connectivity index is 2.01. The Kier molecular flexibility index (Phi) is 3.27. The van der Waals surface area contributed by atoms with E-state index in [2.05, 4.69) is 48.3 Å². The van der Waals surface area contributed by atoms with Crippen LogP contribution in [0.4, 0.5) is 5.69 Å². The minimum Gasteiger partial charge on any atom is -0.369 e. The van der Waals surface area contributed by atoms with Gasteiger partial charge in [-0.2, -0.15) is 0 Å². The van der Waals surface area contributed by atoms with Gasteiger partial charge in [0.15, 0.2) is 0 Å². The predicted molar refractivity (Wildman–Crippen MR) is 65.5 cm³/mol. The van der Waals surface area contributed by atoms with Crippen LogP contribution in [-0.4, -0.2) is 25.7 Å². The zero-order chi connectivity index (χ0) is 10.7. The molecule has 2 heteroatoms. The number of anilines is 1. The van der Waals surface area contributed by atoms with Crippen molar-refractivity contribution in [3.05, 3.63) is 29.8 Å². The molecule has 0 radical (unpaired) electrons. The third-order valence-corrected chi connectivity index (χ3v) is 3.03. The number of benzene rings is 1. The number of nitrogens with zero attached hydrogens (tertiary/aromatic N) is 1. The lowest BCUT2D eigenvalue weighted by Gasteiger charge is -2.24. The van der Waals surface area contributed by atoms with Gasteiger partial charge in [0.25, 0.3) is 0 Å². The third kappa shape index (κ3) is 2.32. The molecule has 0 aromatic heterocycles. The van der Waals surface area contributed by atoms with Crippen LogP contribution in [0.5, 0.6) is 0 Å². The summed E-state index contributed by atoms with van der Waals surface area (Å²) < 4.78 is 0. The lowest BCUT2D eigenvalue weighted by Crippen LogP contribution is -2.38. The summed E-state index contributed by atoms with van der Waals surface area (Å²) in [5.74, 6) is 0. The van der Waals surface area contributed by atoms with Crippen LogP contribution >= 0.6 is 0 Å². The van der Waals surface area contributed by atoms with E-state index in [4.69, 9.17) is 0 Å². The second kappa shape index (κ2) is 4.67. The third-order valence-electron chi connectivity index (χ3n) is 3.03. The molecule has 0 saturated heterocycles. The number of para-hydroxylation sites is 1. The van der Waals surface area contributed by atoms with E-state index in [1.54, 1.807) is 0 Å². The Morgan fingerprint density at radius 2 is 2.20 bits per heavy atom. The minimum absolute atomic E-state index is 0.571. The van der Waals surface area contributed by atoms with Crippen molar-refractivity contribution in [3.8, 4) is 0 Å². The summed E-state index contributed by atoms with van der Waals surface area (Å²) in [6.07, 6.45) is 1.20. The van der Waals surface area contributed by atoms with E-state index >= 15 is 0 Å². The molecule has 1 aromatic rings. The summed E-state index contributed by atoms with van der Waals surface area (Å²) in [5.41, 5.74) is 2.93. The average Bonchev–Trinajstić information content (AvgIpc) is 2.62. The molecule has 2 nitrogen and oxygen atoms in total. The molecule has 15 heavy (non-hydrogen) atoms. The van der Waals surface area contributed by atoms with Crippen LogP contribution in [0.15, 0.2) is 24.3 Å². The number of likely N-dealkylation sites (N-methyl/N-ethyl adjacent to an activating group) is 1. The highest BCUT2D eigenvalue weighted by atomic mass is 15.2. The fourth-order valence-electron chi connectivity index (χ4n) is 2.34. The highest BCUT2D eigenvalue weighted by Gasteiger charge is 2.19. The Bertz CT molecular complexity index is 322. The SMILES string of the molecule is CCNC(C)CN1CCc2ccccc21. The van der Waals surface area contributed by atoms with Crippen LogP contribution in [0.1, 0.15) is 19.4 Å². The van der Waals surface area contributed by atoms with Crippen molar-refractivity contribution in [1.82, 2.24) is 5.32 Å². The van der Waals surface area contributed by atoms with Gasteiger partial charge < -0.3 is 10.2 Å². The van der Waals surface area contributed by atoms with Gasteiger partial charge in [-0.3, -0.25) is 0 Å². The number of nitrogens with one attached hydrogen (secondary N) is 1. The molecule has 0 saturated carbocycles. The van der Waals surface area contributed by atoms with E-state index in [-0.39, 0.29) is 0 Å². The molecule has 0 bridgehead atoms. The highest BCUT2D eigenvalue weighted by Crippen LogP contribution is 2.27. The van der Waals surface area contributed by atoms with Gasteiger partial charge in [-0.25, -0.2) is 0 Å². The Morgan fingerprint density at radius 3 is 3.00 bits per heavy atom. The van der Waals surface area contributed by atoms with Gasteiger partial charge in [0, 0.05) is 24.8 Å². The van der Waals surface area contributed by atoms with E-state index in [0.717, 1.165) is 13.1 Å². The predicted octanol–water partition coefficient (Wildman–Crippen LogP) is 2.05. The lowest BCUT2D eigenvalue weighted by molar-refractivity contribution is 0.557. The molecule has 1 aliphatic heterocycles. The topological polar surface area (TPSA) is 15.3 Å². The van der Waals surface area contributed by atoms with Gasteiger partial charge in [-0.1, -0.05) is 25.1 Å². The number of rotatable bonds is 4. The standard InChI is InChI=1S/C13H20N2/c1-3-14-11(2)10-15-9-8-12-6-4-5-7-13(12)15/h4-7,11,14H,3,8-10H2,1-2H3. The Morgan fingerprint density at radius 1 is 1.40 bits per heavy atom. The first-order chi connectivity index (χ1) is 7.31. The van der Waals surface area contributed by atoms with Crippen molar-refractivity contribution < 1.29 is 0 Å². The molecule has 1 N–H and O–H groups in total. The molecule has 2 rings (SSSR count). The molecule has 0 amide bonds. The smallest absolute Gasteiger partial charge is 0.0400 e. The first-order valence-electron chi connectivity index (χ1n) is 5.87. The summed E-state index contributed by atoms with van der Waals surface area (Å²) >= 11 is 0. The molecule has 0 spiro atoms. The zero-order valence-electron chi connectivity index (χ0n) is 9.66. The largest absolute Gasteiger partial charge is 0.369 e. The second-order valence-corrected chi connectivity index (χ2v) is 4.28. The van der Waals surface area contributed by atoms with Gasteiger partial charge in [0.1, 0.15) is 0 Å². The van der Waals surface area contributed by atoms with Crippen molar-refractivity contribution in [2.45, 2.75) is 26.3 Å². The van der Waals surface area contributed by atoms with Crippen molar-refractivity contribution in [2.75, 3.05) is 24.5 Å². The molecule has 1 unspecified atom stereocenters. The van der Waals surface area contributed by atoms with Crippen molar-refractivity contribution in [2.24, 2.45) is 0 Å². The van der Waals surface area contributed by atoms with Crippen LogP contribution in [0.25, 0.3) is 0 Å². The van der Waals surface area contributed by atoms with Gasteiger partial charge in [-0.15, -0.1) is 0 Å². The fraction of sp³-hybridized carbons (Fsp3) is 0.538. The molecule has 1 heterocycles. The maximum absolute atomic E-state index is 3.46. The molecule has 1 atom stereocenters. The first-order valence-corrected chi connectivity index (χ1v) is 5.87. The van der Waals surface area contributed by atoms with Gasteiger partial charge >= 0.3 is 0 Å². The Labute approximate surface area is 92.3 Å². The summed E-state index contributed by atoms with van der Waals surface area (Å²) in [7, 11) is 0. The van der Waals surface area contributed by atoms with E-state index in [0.29, 0.717) is 6.04 Å². The quantitative estimate of drug-likeness (QED) is 0.807.